The number of rotatable bonds is 3. The second kappa shape index (κ2) is 6.70. The zero-order valence-corrected chi connectivity index (χ0v) is 13.3. The molecule has 23 heavy (non-hydrogen) atoms. The molecular formula is C16H24N4O3. The second-order valence-electron chi connectivity index (χ2n) is 6.59. The average Bonchev–Trinajstić information content (AvgIpc) is 2.56. The number of nitrogens with zero attached hydrogens (tertiary/aromatic N) is 2. The number of nitrogens with one attached hydrogen (secondary N) is 2. The van der Waals surface area contributed by atoms with E-state index in [2.05, 4.69) is 15.3 Å². The van der Waals surface area contributed by atoms with E-state index in [1.165, 1.54) is 6.20 Å². The fourth-order valence-corrected chi connectivity index (χ4v) is 3.54. The molecule has 1 aromatic heterocycles. The standard InChI is InChI=1S/C16H24N4O3/c21-14-13(17-8-9-18-14)20-10-4-5-12(11-20)19-15(22)16(23)6-2-1-3-7-16/h8-9,12,23H,1-7,10-11H2,(H,18,21)(H,19,22)/t12-/m1/s1. The van der Waals surface area contributed by atoms with Gasteiger partial charge in [0.05, 0.1) is 0 Å². The molecule has 1 aromatic rings. The number of anilines is 1. The second-order valence-corrected chi connectivity index (χ2v) is 6.59. The Bertz CT molecular complexity index is 609. The van der Waals surface area contributed by atoms with Gasteiger partial charge in [0.2, 0.25) is 0 Å². The van der Waals surface area contributed by atoms with Gasteiger partial charge >= 0.3 is 0 Å². The Morgan fingerprint density at radius 3 is 2.87 bits per heavy atom. The van der Waals surface area contributed by atoms with E-state index < -0.39 is 5.60 Å². The van der Waals surface area contributed by atoms with Crippen molar-refractivity contribution in [3.05, 3.63) is 22.7 Å². The van der Waals surface area contributed by atoms with Crippen LogP contribution in [-0.4, -0.2) is 45.7 Å². The van der Waals surface area contributed by atoms with Crippen LogP contribution in [0, 0.1) is 0 Å². The van der Waals surface area contributed by atoms with Gasteiger partial charge in [-0.2, -0.15) is 0 Å². The van der Waals surface area contributed by atoms with Crippen molar-refractivity contribution < 1.29 is 9.90 Å². The van der Waals surface area contributed by atoms with Crippen molar-refractivity contribution in [1.29, 1.82) is 0 Å². The number of amides is 1. The van der Waals surface area contributed by atoms with Crippen molar-refractivity contribution in [3.8, 4) is 0 Å². The van der Waals surface area contributed by atoms with Gasteiger partial charge in [0.25, 0.3) is 11.5 Å². The first-order chi connectivity index (χ1) is 11.1. The molecule has 0 unspecified atom stereocenters. The molecule has 2 heterocycles. The van der Waals surface area contributed by atoms with Crippen molar-refractivity contribution in [2.24, 2.45) is 0 Å². The van der Waals surface area contributed by atoms with Crippen molar-refractivity contribution in [1.82, 2.24) is 15.3 Å². The van der Waals surface area contributed by atoms with Crippen LogP contribution in [0.25, 0.3) is 0 Å². The smallest absolute Gasteiger partial charge is 0.290 e. The summed E-state index contributed by atoms with van der Waals surface area (Å²) in [6.07, 6.45) is 8.73. The normalized spacial score (nSPS) is 24.2. The molecule has 3 N–H and O–H groups in total. The van der Waals surface area contributed by atoms with Crippen LogP contribution in [0.4, 0.5) is 5.82 Å². The Morgan fingerprint density at radius 1 is 1.35 bits per heavy atom. The number of H-pyrrole nitrogens is 1. The summed E-state index contributed by atoms with van der Waals surface area (Å²) in [5, 5.41) is 13.5. The number of piperidine rings is 1. The van der Waals surface area contributed by atoms with Crippen LogP contribution in [0.2, 0.25) is 0 Å². The minimum atomic E-state index is -1.22. The fraction of sp³-hybridized carbons (Fsp3) is 0.688. The van der Waals surface area contributed by atoms with E-state index in [1.807, 2.05) is 4.90 Å². The molecule has 126 valence electrons. The van der Waals surface area contributed by atoms with E-state index in [0.29, 0.717) is 25.2 Å². The molecule has 0 aromatic carbocycles. The highest BCUT2D eigenvalue weighted by Crippen LogP contribution is 2.28. The molecule has 7 nitrogen and oxygen atoms in total. The highest BCUT2D eigenvalue weighted by Gasteiger charge is 2.38. The largest absolute Gasteiger partial charge is 0.380 e. The quantitative estimate of drug-likeness (QED) is 0.755. The summed E-state index contributed by atoms with van der Waals surface area (Å²) in [5.74, 6) is 0.127. The third-order valence-corrected chi connectivity index (χ3v) is 4.85. The van der Waals surface area contributed by atoms with E-state index in [4.69, 9.17) is 0 Å². The maximum absolute atomic E-state index is 12.4. The minimum absolute atomic E-state index is 0.0661. The molecule has 0 radical (unpaired) electrons. The molecule has 0 bridgehead atoms. The Labute approximate surface area is 135 Å². The van der Waals surface area contributed by atoms with Gasteiger partial charge in [-0.25, -0.2) is 4.98 Å². The summed E-state index contributed by atoms with van der Waals surface area (Å²) in [6.45, 7) is 1.29. The van der Waals surface area contributed by atoms with Crippen molar-refractivity contribution in [2.75, 3.05) is 18.0 Å². The first kappa shape index (κ1) is 16.0. The number of aliphatic hydroxyl groups is 1. The molecule has 1 saturated carbocycles. The zero-order valence-electron chi connectivity index (χ0n) is 13.3. The van der Waals surface area contributed by atoms with Crippen LogP contribution in [0.3, 0.4) is 0 Å². The number of aromatic nitrogens is 2. The van der Waals surface area contributed by atoms with Crippen LogP contribution in [-0.2, 0) is 4.79 Å². The number of carbonyl (C=O) groups is 1. The van der Waals surface area contributed by atoms with Crippen LogP contribution in [0.5, 0.6) is 0 Å². The summed E-state index contributed by atoms with van der Waals surface area (Å²) < 4.78 is 0. The van der Waals surface area contributed by atoms with Crippen LogP contribution < -0.4 is 15.8 Å². The monoisotopic (exact) mass is 320 g/mol. The van der Waals surface area contributed by atoms with Crippen molar-refractivity contribution in [3.63, 3.8) is 0 Å². The number of hydrogen-bond donors (Lipinski definition) is 3. The zero-order chi connectivity index (χ0) is 16.3. The first-order valence-corrected chi connectivity index (χ1v) is 8.40. The summed E-state index contributed by atoms with van der Waals surface area (Å²) in [6, 6.07) is -0.0661. The maximum Gasteiger partial charge on any atom is 0.290 e. The molecule has 1 amide bonds. The van der Waals surface area contributed by atoms with Gasteiger partial charge in [0, 0.05) is 31.5 Å². The van der Waals surface area contributed by atoms with E-state index >= 15 is 0 Å². The number of carbonyl (C=O) groups excluding carboxylic acids is 1. The molecule has 1 saturated heterocycles. The fourth-order valence-electron chi connectivity index (χ4n) is 3.54. The topological polar surface area (TPSA) is 98.3 Å². The Balaban J connectivity index is 1.64. The third-order valence-electron chi connectivity index (χ3n) is 4.85. The molecule has 1 aliphatic heterocycles. The van der Waals surface area contributed by atoms with Gasteiger partial charge < -0.3 is 20.3 Å². The molecule has 7 heteroatoms. The number of hydrogen-bond acceptors (Lipinski definition) is 5. The van der Waals surface area contributed by atoms with Gasteiger partial charge in [0.15, 0.2) is 5.82 Å². The lowest BCUT2D eigenvalue weighted by molar-refractivity contribution is -0.143. The Kier molecular flexibility index (Phi) is 4.66. The molecule has 3 rings (SSSR count). The highest BCUT2D eigenvalue weighted by atomic mass is 16.3. The Hall–Kier alpha value is -1.89. The predicted molar refractivity (Wildman–Crippen MR) is 86.3 cm³/mol. The highest BCUT2D eigenvalue weighted by molar-refractivity contribution is 5.85. The third kappa shape index (κ3) is 3.55. The molecule has 0 spiro atoms. The Morgan fingerprint density at radius 2 is 2.13 bits per heavy atom. The first-order valence-electron chi connectivity index (χ1n) is 8.40. The van der Waals surface area contributed by atoms with Crippen LogP contribution in [0.15, 0.2) is 17.2 Å². The lowest BCUT2D eigenvalue weighted by Crippen LogP contribution is -2.55. The van der Waals surface area contributed by atoms with E-state index in [1.54, 1.807) is 6.20 Å². The van der Waals surface area contributed by atoms with Gasteiger partial charge in [-0.15, -0.1) is 0 Å². The lowest BCUT2D eigenvalue weighted by atomic mass is 9.84. The van der Waals surface area contributed by atoms with Crippen molar-refractivity contribution in [2.45, 2.75) is 56.6 Å². The van der Waals surface area contributed by atoms with Crippen LogP contribution >= 0.6 is 0 Å². The van der Waals surface area contributed by atoms with E-state index in [0.717, 1.165) is 38.6 Å². The van der Waals surface area contributed by atoms with Crippen LogP contribution in [0.1, 0.15) is 44.9 Å². The SMILES string of the molecule is O=C(N[C@@H]1CCCN(c2ncc[nH]c2=O)C1)C1(O)CCCCC1. The van der Waals surface area contributed by atoms with Crippen molar-refractivity contribution >= 4 is 11.7 Å². The van der Waals surface area contributed by atoms with Gasteiger partial charge in [-0.3, -0.25) is 9.59 Å². The molecule has 2 aliphatic rings. The predicted octanol–water partition coefficient (Wildman–Crippen LogP) is 0.550. The maximum atomic E-state index is 12.4. The van der Waals surface area contributed by atoms with Gasteiger partial charge in [0.1, 0.15) is 5.60 Å². The summed E-state index contributed by atoms with van der Waals surface area (Å²) in [4.78, 5) is 33.0. The molecule has 1 aliphatic carbocycles. The van der Waals surface area contributed by atoms with E-state index in [9.17, 15) is 14.7 Å². The minimum Gasteiger partial charge on any atom is -0.380 e. The summed E-state index contributed by atoms with van der Waals surface area (Å²) >= 11 is 0. The molecule has 2 fully saturated rings. The number of aromatic amines is 1. The van der Waals surface area contributed by atoms with Gasteiger partial charge in [-0.1, -0.05) is 19.3 Å². The lowest BCUT2D eigenvalue weighted by Gasteiger charge is -2.36. The van der Waals surface area contributed by atoms with E-state index in [-0.39, 0.29) is 17.5 Å². The van der Waals surface area contributed by atoms with Gasteiger partial charge in [-0.05, 0) is 25.7 Å². The summed E-state index contributed by atoms with van der Waals surface area (Å²) in [7, 11) is 0. The molecular weight excluding hydrogens is 296 g/mol. The molecule has 1 atom stereocenters. The average molecular weight is 320 g/mol. The summed E-state index contributed by atoms with van der Waals surface area (Å²) in [5.41, 5.74) is -1.44.